The lowest BCUT2D eigenvalue weighted by Crippen LogP contribution is -2.04. The Morgan fingerprint density at radius 3 is 2.65 bits per heavy atom. The summed E-state index contributed by atoms with van der Waals surface area (Å²) in [7, 11) is 0. The smallest absolute Gasteiger partial charge is 0.196 e. The van der Waals surface area contributed by atoms with Crippen molar-refractivity contribution in [2.75, 3.05) is 5.73 Å². The van der Waals surface area contributed by atoms with Gasteiger partial charge in [-0.3, -0.25) is 4.79 Å². The average molecular weight is 241 g/mol. The molecule has 0 aliphatic heterocycles. The Morgan fingerprint density at radius 1 is 1.06 bits per heavy atom. The third-order valence-electron chi connectivity index (χ3n) is 3.05. The maximum Gasteiger partial charge on any atom is 0.196 e. The van der Waals surface area contributed by atoms with Crippen molar-refractivity contribution in [1.29, 1.82) is 0 Å². The van der Waals surface area contributed by atoms with Crippen LogP contribution in [0.2, 0.25) is 0 Å². The SMILES string of the molecule is Cc1c(N)ccc2sc3ccccc3c(=O)c12. The van der Waals surface area contributed by atoms with Crippen molar-refractivity contribution in [2.45, 2.75) is 6.92 Å². The fourth-order valence-electron chi connectivity index (χ4n) is 2.07. The van der Waals surface area contributed by atoms with Gasteiger partial charge in [-0.15, -0.1) is 11.3 Å². The van der Waals surface area contributed by atoms with Crippen LogP contribution >= 0.6 is 11.3 Å². The highest BCUT2D eigenvalue weighted by Gasteiger charge is 2.09. The molecule has 0 bridgehead atoms. The second kappa shape index (κ2) is 3.57. The van der Waals surface area contributed by atoms with Gasteiger partial charge in [0.2, 0.25) is 0 Å². The summed E-state index contributed by atoms with van der Waals surface area (Å²) in [5, 5.41) is 1.53. The van der Waals surface area contributed by atoms with Crippen molar-refractivity contribution in [3.8, 4) is 0 Å². The Labute approximate surface area is 102 Å². The lowest BCUT2D eigenvalue weighted by molar-refractivity contribution is 1.52. The van der Waals surface area contributed by atoms with Crippen molar-refractivity contribution in [2.24, 2.45) is 0 Å². The molecule has 0 spiro atoms. The van der Waals surface area contributed by atoms with Crippen LogP contribution in [0.25, 0.3) is 20.2 Å². The highest BCUT2D eigenvalue weighted by molar-refractivity contribution is 7.24. The number of rotatable bonds is 0. The number of nitrogens with two attached hydrogens (primary N) is 1. The van der Waals surface area contributed by atoms with Crippen LogP contribution in [-0.4, -0.2) is 0 Å². The summed E-state index contributed by atoms with van der Waals surface area (Å²) in [4.78, 5) is 12.4. The zero-order valence-corrected chi connectivity index (χ0v) is 10.2. The molecule has 84 valence electrons. The van der Waals surface area contributed by atoms with Crippen molar-refractivity contribution in [1.82, 2.24) is 0 Å². The number of benzene rings is 2. The van der Waals surface area contributed by atoms with E-state index in [1.54, 1.807) is 11.3 Å². The van der Waals surface area contributed by atoms with Gasteiger partial charge in [-0.2, -0.15) is 0 Å². The fraction of sp³-hybridized carbons (Fsp3) is 0.0714. The van der Waals surface area contributed by atoms with Gasteiger partial charge in [-0.1, -0.05) is 12.1 Å². The quantitative estimate of drug-likeness (QED) is 0.484. The number of hydrogen-bond donors (Lipinski definition) is 1. The maximum absolute atomic E-state index is 12.4. The molecule has 3 aromatic rings. The Kier molecular flexibility index (Phi) is 2.16. The van der Waals surface area contributed by atoms with Crippen LogP contribution in [0, 0.1) is 6.92 Å². The summed E-state index contributed by atoms with van der Waals surface area (Å²) in [5.41, 5.74) is 7.51. The summed E-state index contributed by atoms with van der Waals surface area (Å²) >= 11 is 1.63. The first-order valence-electron chi connectivity index (χ1n) is 5.39. The molecule has 0 fully saturated rings. The maximum atomic E-state index is 12.4. The lowest BCUT2D eigenvalue weighted by atomic mass is 10.1. The van der Waals surface area contributed by atoms with Crippen molar-refractivity contribution in [3.05, 3.63) is 52.2 Å². The minimum absolute atomic E-state index is 0.0825. The summed E-state index contributed by atoms with van der Waals surface area (Å²) in [5.74, 6) is 0. The van der Waals surface area contributed by atoms with E-state index in [1.807, 2.05) is 43.3 Å². The van der Waals surface area contributed by atoms with E-state index in [4.69, 9.17) is 5.73 Å². The van der Waals surface area contributed by atoms with E-state index in [9.17, 15) is 4.79 Å². The molecule has 0 aliphatic rings. The molecule has 2 aromatic carbocycles. The zero-order valence-electron chi connectivity index (χ0n) is 9.36. The Balaban J connectivity index is 2.66. The van der Waals surface area contributed by atoms with E-state index in [0.717, 1.165) is 25.7 Å². The molecule has 3 rings (SSSR count). The average Bonchev–Trinajstić information content (AvgIpc) is 2.34. The van der Waals surface area contributed by atoms with Crippen LogP contribution in [-0.2, 0) is 0 Å². The van der Waals surface area contributed by atoms with Gasteiger partial charge in [0.05, 0.1) is 0 Å². The highest BCUT2D eigenvalue weighted by atomic mass is 32.1. The molecule has 0 unspecified atom stereocenters. The van der Waals surface area contributed by atoms with Crippen LogP contribution in [0.1, 0.15) is 5.56 Å². The fourth-order valence-corrected chi connectivity index (χ4v) is 3.20. The summed E-state index contributed by atoms with van der Waals surface area (Å²) in [6, 6.07) is 11.5. The number of fused-ring (bicyclic) bond motifs is 2. The van der Waals surface area contributed by atoms with Crippen molar-refractivity contribution < 1.29 is 0 Å². The van der Waals surface area contributed by atoms with E-state index in [0.29, 0.717) is 5.69 Å². The van der Waals surface area contributed by atoms with Crippen LogP contribution in [0.15, 0.2) is 41.2 Å². The molecule has 0 radical (unpaired) electrons. The topological polar surface area (TPSA) is 43.1 Å². The first-order chi connectivity index (χ1) is 8.18. The first kappa shape index (κ1) is 10.3. The molecule has 0 atom stereocenters. The molecule has 0 saturated heterocycles. The van der Waals surface area contributed by atoms with Gasteiger partial charge in [-0.25, -0.2) is 0 Å². The monoisotopic (exact) mass is 241 g/mol. The van der Waals surface area contributed by atoms with Gasteiger partial charge >= 0.3 is 0 Å². The van der Waals surface area contributed by atoms with Gasteiger partial charge in [-0.05, 0) is 36.8 Å². The van der Waals surface area contributed by atoms with E-state index in [-0.39, 0.29) is 5.43 Å². The molecular formula is C14H11NOS. The highest BCUT2D eigenvalue weighted by Crippen LogP contribution is 2.28. The molecule has 17 heavy (non-hydrogen) atoms. The zero-order chi connectivity index (χ0) is 12.0. The van der Waals surface area contributed by atoms with Crippen LogP contribution in [0.5, 0.6) is 0 Å². The van der Waals surface area contributed by atoms with Crippen molar-refractivity contribution >= 4 is 37.2 Å². The molecular weight excluding hydrogens is 230 g/mol. The minimum Gasteiger partial charge on any atom is -0.398 e. The number of nitrogen functional groups attached to an aromatic ring is 1. The molecule has 2 N–H and O–H groups in total. The Bertz CT molecular complexity index is 789. The second-order valence-electron chi connectivity index (χ2n) is 4.08. The van der Waals surface area contributed by atoms with Crippen LogP contribution in [0.3, 0.4) is 0 Å². The number of anilines is 1. The van der Waals surface area contributed by atoms with Crippen LogP contribution in [0.4, 0.5) is 5.69 Å². The van der Waals surface area contributed by atoms with Crippen LogP contribution < -0.4 is 11.2 Å². The van der Waals surface area contributed by atoms with E-state index < -0.39 is 0 Å². The van der Waals surface area contributed by atoms with Gasteiger partial charge in [0, 0.05) is 25.9 Å². The molecule has 2 nitrogen and oxygen atoms in total. The number of hydrogen-bond acceptors (Lipinski definition) is 3. The largest absolute Gasteiger partial charge is 0.398 e. The Hall–Kier alpha value is -1.87. The van der Waals surface area contributed by atoms with E-state index in [1.165, 1.54) is 0 Å². The summed E-state index contributed by atoms with van der Waals surface area (Å²) in [6.07, 6.45) is 0. The number of aryl methyl sites for hydroxylation is 1. The first-order valence-corrected chi connectivity index (χ1v) is 6.21. The van der Waals surface area contributed by atoms with Gasteiger partial charge < -0.3 is 5.73 Å². The normalized spacial score (nSPS) is 11.1. The van der Waals surface area contributed by atoms with E-state index >= 15 is 0 Å². The van der Waals surface area contributed by atoms with Gasteiger partial charge in [0.1, 0.15) is 0 Å². The Morgan fingerprint density at radius 2 is 1.82 bits per heavy atom. The van der Waals surface area contributed by atoms with Crippen molar-refractivity contribution in [3.63, 3.8) is 0 Å². The predicted octanol–water partition coefficient (Wildman–Crippen LogP) is 3.31. The molecule has 1 aromatic heterocycles. The predicted molar refractivity (Wildman–Crippen MR) is 74.8 cm³/mol. The molecule has 3 heteroatoms. The minimum atomic E-state index is 0.0825. The second-order valence-corrected chi connectivity index (χ2v) is 5.16. The lowest BCUT2D eigenvalue weighted by Gasteiger charge is -2.05. The van der Waals surface area contributed by atoms with Gasteiger partial charge in [0.25, 0.3) is 0 Å². The standard InChI is InChI=1S/C14H11NOS/c1-8-10(15)6-7-12-13(8)14(16)9-4-2-3-5-11(9)17-12/h2-7H,15H2,1H3. The molecule has 1 heterocycles. The van der Waals surface area contributed by atoms with Gasteiger partial charge in [0.15, 0.2) is 5.43 Å². The third-order valence-corrected chi connectivity index (χ3v) is 4.18. The third kappa shape index (κ3) is 1.43. The molecule has 0 amide bonds. The van der Waals surface area contributed by atoms with E-state index in [2.05, 4.69) is 0 Å². The molecule has 0 aliphatic carbocycles. The molecule has 0 saturated carbocycles. The summed E-state index contributed by atoms with van der Waals surface area (Å²) < 4.78 is 2.02. The summed E-state index contributed by atoms with van der Waals surface area (Å²) in [6.45, 7) is 1.90.